The number of H-pyrrole nitrogens is 1. The summed E-state index contributed by atoms with van der Waals surface area (Å²) >= 11 is 0. The Morgan fingerprint density at radius 1 is 0.897 bits per heavy atom. The van der Waals surface area contributed by atoms with Gasteiger partial charge in [0, 0.05) is 5.41 Å². The van der Waals surface area contributed by atoms with E-state index in [1.54, 1.807) is 0 Å². The number of benzene rings is 2. The topological polar surface area (TPSA) is 19.7 Å². The standard InChI is InChI=1S/C27H36N2/c1-4-6-9-18-25(26-28-19-21-29(26)20-5-2)27(3,24-16-12-8-13-17-24)22-23-14-10-7-11-15-23/h7-8,10-17,19,21,25H,4-6,9,18,20,22H2,1-3H3/p+1. The Bertz CT molecular complexity index is 837. The maximum atomic E-state index is 3.64. The highest BCUT2D eigenvalue weighted by Gasteiger charge is 2.41. The predicted octanol–water partition coefficient (Wildman–Crippen LogP) is 6.58. The maximum absolute atomic E-state index is 3.64. The molecule has 2 atom stereocenters. The molecule has 154 valence electrons. The second-order valence-electron chi connectivity index (χ2n) is 8.53. The van der Waals surface area contributed by atoms with Gasteiger partial charge in [-0.05, 0) is 30.4 Å². The monoisotopic (exact) mass is 389 g/mol. The molecule has 2 nitrogen and oxygen atoms in total. The number of unbranched alkanes of at least 4 members (excludes halogenated alkanes) is 2. The van der Waals surface area contributed by atoms with Gasteiger partial charge < -0.3 is 0 Å². The molecule has 29 heavy (non-hydrogen) atoms. The summed E-state index contributed by atoms with van der Waals surface area (Å²) in [5.41, 5.74) is 2.87. The van der Waals surface area contributed by atoms with Crippen LogP contribution in [-0.4, -0.2) is 4.98 Å². The highest BCUT2D eigenvalue weighted by molar-refractivity contribution is 5.32. The molecule has 3 aromatic rings. The van der Waals surface area contributed by atoms with Gasteiger partial charge >= 0.3 is 0 Å². The summed E-state index contributed by atoms with van der Waals surface area (Å²) < 4.78 is 2.45. The van der Waals surface area contributed by atoms with Gasteiger partial charge in [0.2, 0.25) is 0 Å². The average molecular weight is 390 g/mol. The van der Waals surface area contributed by atoms with E-state index >= 15 is 0 Å². The van der Waals surface area contributed by atoms with E-state index in [4.69, 9.17) is 0 Å². The molecule has 2 unspecified atom stereocenters. The van der Waals surface area contributed by atoms with Crippen molar-refractivity contribution in [3.63, 3.8) is 0 Å². The van der Waals surface area contributed by atoms with Crippen molar-refractivity contribution >= 4 is 0 Å². The number of imidazole rings is 1. The minimum atomic E-state index is 0.0245. The van der Waals surface area contributed by atoms with Crippen molar-refractivity contribution in [1.29, 1.82) is 0 Å². The lowest BCUT2D eigenvalue weighted by Crippen LogP contribution is -2.43. The van der Waals surface area contributed by atoms with Crippen molar-refractivity contribution in [3.8, 4) is 0 Å². The molecule has 0 aliphatic heterocycles. The molecule has 0 spiro atoms. The van der Waals surface area contributed by atoms with Crippen LogP contribution in [0.3, 0.4) is 0 Å². The number of aryl methyl sites for hydroxylation is 1. The number of hydrogen-bond acceptors (Lipinski definition) is 0. The first-order valence-corrected chi connectivity index (χ1v) is 11.3. The summed E-state index contributed by atoms with van der Waals surface area (Å²) in [5.74, 6) is 1.82. The molecule has 0 saturated carbocycles. The molecule has 2 heteroatoms. The highest BCUT2D eigenvalue weighted by atomic mass is 15.1. The van der Waals surface area contributed by atoms with Crippen LogP contribution in [0.1, 0.15) is 75.7 Å². The quantitative estimate of drug-likeness (QED) is 0.282. The van der Waals surface area contributed by atoms with Gasteiger partial charge in [-0.1, -0.05) is 101 Å². The molecule has 1 heterocycles. The fourth-order valence-corrected chi connectivity index (χ4v) is 4.73. The number of aromatic amines is 1. The lowest BCUT2D eigenvalue weighted by molar-refractivity contribution is -0.704. The third-order valence-electron chi connectivity index (χ3n) is 6.30. The van der Waals surface area contributed by atoms with Crippen molar-refractivity contribution in [3.05, 3.63) is 90.0 Å². The summed E-state index contributed by atoms with van der Waals surface area (Å²) in [6.07, 6.45) is 11.6. The van der Waals surface area contributed by atoms with E-state index < -0.39 is 0 Å². The summed E-state index contributed by atoms with van der Waals surface area (Å²) in [5, 5.41) is 0. The Balaban J connectivity index is 2.07. The molecule has 0 fully saturated rings. The average Bonchev–Trinajstić information content (AvgIpc) is 3.20. The van der Waals surface area contributed by atoms with Crippen LogP contribution in [-0.2, 0) is 18.4 Å². The SMILES string of the molecule is CCCCCC(c1[nH]cc[n+]1CCC)C(C)(Cc1ccccc1)c1ccccc1. The fourth-order valence-electron chi connectivity index (χ4n) is 4.73. The lowest BCUT2D eigenvalue weighted by Gasteiger charge is -2.37. The number of aromatic nitrogens is 2. The molecular weight excluding hydrogens is 352 g/mol. The van der Waals surface area contributed by atoms with E-state index in [2.05, 4.69) is 103 Å². The van der Waals surface area contributed by atoms with Crippen molar-refractivity contribution in [1.82, 2.24) is 4.98 Å². The Kier molecular flexibility index (Phi) is 7.69. The zero-order valence-electron chi connectivity index (χ0n) is 18.4. The number of hydrogen-bond donors (Lipinski definition) is 1. The van der Waals surface area contributed by atoms with Crippen molar-refractivity contribution in [2.75, 3.05) is 0 Å². The third-order valence-corrected chi connectivity index (χ3v) is 6.30. The summed E-state index contributed by atoms with van der Waals surface area (Å²) in [6, 6.07) is 22.2. The van der Waals surface area contributed by atoms with E-state index in [1.807, 2.05) is 0 Å². The second kappa shape index (κ2) is 10.4. The van der Waals surface area contributed by atoms with Crippen LogP contribution in [0.15, 0.2) is 73.1 Å². The lowest BCUT2D eigenvalue weighted by atomic mass is 9.66. The van der Waals surface area contributed by atoms with Crippen LogP contribution in [0, 0.1) is 0 Å². The molecule has 0 radical (unpaired) electrons. The summed E-state index contributed by atoms with van der Waals surface area (Å²) in [6.45, 7) is 8.10. The van der Waals surface area contributed by atoms with Crippen LogP contribution < -0.4 is 4.57 Å². The largest absolute Gasteiger partial charge is 0.258 e. The van der Waals surface area contributed by atoms with E-state index in [0.29, 0.717) is 5.92 Å². The number of nitrogens with zero attached hydrogens (tertiary/aromatic N) is 1. The molecule has 1 N–H and O–H groups in total. The molecule has 0 aliphatic rings. The van der Waals surface area contributed by atoms with Crippen molar-refractivity contribution in [2.24, 2.45) is 0 Å². The zero-order valence-corrected chi connectivity index (χ0v) is 18.4. The van der Waals surface area contributed by atoms with E-state index in [0.717, 1.165) is 19.4 Å². The van der Waals surface area contributed by atoms with E-state index in [-0.39, 0.29) is 5.41 Å². The van der Waals surface area contributed by atoms with E-state index in [1.165, 1.54) is 42.6 Å². The first-order chi connectivity index (χ1) is 14.2. The van der Waals surface area contributed by atoms with Gasteiger partial charge in [-0.25, -0.2) is 9.55 Å². The van der Waals surface area contributed by atoms with Crippen LogP contribution in [0.25, 0.3) is 0 Å². The van der Waals surface area contributed by atoms with E-state index in [9.17, 15) is 0 Å². The van der Waals surface area contributed by atoms with Crippen LogP contribution in [0.4, 0.5) is 0 Å². The molecule has 2 aromatic carbocycles. The first kappa shape index (κ1) is 21.4. The van der Waals surface area contributed by atoms with Gasteiger partial charge in [-0.3, -0.25) is 0 Å². The van der Waals surface area contributed by atoms with Gasteiger partial charge in [0.15, 0.2) is 0 Å². The van der Waals surface area contributed by atoms with Gasteiger partial charge in [0.25, 0.3) is 5.82 Å². The Hall–Kier alpha value is -2.35. The normalized spacial score (nSPS) is 14.4. The molecule has 3 rings (SSSR count). The molecule has 1 aromatic heterocycles. The Morgan fingerprint density at radius 2 is 1.59 bits per heavy atom. The third kappa shape index (κ3) is 5.18. The summed E-state index contributed by atoms with van der Waals surface area (Å²) in [7, 11) is 0. The van der Waals surface area contributed by atoms with Crippen LogP contribution in [0.5, 0.6) is 0 Å². The van der Waals surface area contributed by atoms with Crippen LogP contribution in [0.2, 0.25) is 0 Å². The maximum Gasteiger partial charge on any atom is 0.258 e. The van der Waals surface area contributed by atoms with Gasteiger partial charge in [-0.15, -0.1) is 0 Å². The molecular formula is C27H37N2+. The van der Waals surface area contributed by atoms with Crippen molar-refractivity contribution in [2.45, 2.75) is 77.2 Å². The Labute approximate surface area is 177 Å². The smallest absolute Gasteiger partial charge is 0.247 e. The predicted molar refractivity (Wildman–Crippen MR) is 122 cm³/mol. The summed E-state index contributed by atoms with van der Waals surface area (Å²) in [4.78, 5) is 3.64. The minimum Gasteiger partial charge on any atom is -0.247 e. The zero-order chi connectivity index (χ0) is 20.5. The van der Waals surface area contributed by atoms with Crippen LogP contribution >= 0.6 is 0 Å². The van der Waals surface area contributed by atoms with Crippen molar-refractivity contribution < 1.29 is 4.57 Å². The number of nitrogens with one attached hydrogen (secondary N) is 1. The Morgan fingerprint density at radius 3 is 2.24 bits per heavy atom. The number of rotatable bonds is 11. The second-order valence-corrected chi connectivity index (χ2v) is 8.53. The first-order valence-electron chi connectivity index (χ1n) is 11.3. The molecule has 0 amide bonds. The fraction of sp³-hybridized carbons (Fsp3) is 0.444. The molecule has 0 bridgehead atoms. The highest BCUT2D eigenvalue weighted by Crippen LogP contribution is 2.43. The van der Waals surface area contributed by atoms with Gasteiger partial charge in [0.05, 0.1) is 12.5 Å². The van der Waals surface area contributed by atoms with Gasteiger partial charge in [-0.2, -0.15) is 0 Å². The minimum absolute atomic E-state index is 0.0245. The van der Waals surface area contributed by atoms with Gasteiger partial charge in [0.1, 0.15) is 12.4 Å². The molecule has 0 aliphatic carbocycles. The molecule has 0 saturated heterocycles.